The first-order valence-corrected chi connectivity index (χ1v) is 16.9. The lowest BCUT2D eigenvalue weighted by atomic mass is 9.71. The van der Waals surface area contributed by atoms with Gasteiger partial charge in [0.05, 0.1) is 25.6 Å². The predicted molar refractivity (Wildman–Crippen MR) is 193 cm³/mol. The second kappa shape index (κ2) is 28.9. The van der Waals surface area contributed by atoms with Gasteiger partial charge in [0.25, 0.3) is 0 Å². The van der Waals surface area contributed by atoms with E-state index in [1.807, 2.05) is 13.8 Å². The van der Waals surface area contributed by atoms with Gasteiger partial charge in [-0.3, -0.25) is 0 Å². The summed E-state index contributed by atoms with van der Waals surface area (Å²) in [5.74, 6) is 2.75. The standard InChI is InChI=1S/C23H36O2.C11H22O.C5H10.CH4/c1-6-24-23-16-20(9-7-8-17(2)3)19(5)15-21(23)10-11-22-14-18(4)12-13-25-22;1-4-6-7-9-12-10-8-11(3)5-2;1-3-5-4-2;/h6,10-12,19-23H,1-2,7-9,13-16H2,3-5H3;4,6,11H,5,7-10H2,1-3H3;3,5H,4H2,1-2H3;1H4/b11-10+;6-4-;5-3-;. The molecule has 0 saturated heterocycles. The quantitative estimate of drug-likeness (QED) is 0.100. The molecule has 6 unspecified atom stereocenters. The van der Waals surface area contributed by atoms with Crippen LogP contribution in [0, 0.1) is 23.7 Å². The van der Waals surface area contributed by atoms with Gasteiger partial charge in [0.1, 0.15) is 6.10 Å². The zero-order valence-electron chi connectivity index (χ0n) is 28.9. The minimum absolute atomic E-state index is 0. The van der Waals surface area contributed by atoms with E-state index in [2.05, 4.69) is 97.2 Å². The van der Waals surface area contributed by atoms with Crippen LogP contribution in [0.5, 0.6) is 0 Å². The van der Waals surface area contributed by atoms with Crippen molar-refractivity contribution in [3.05, 3.63) is 73.1 Å². The second-order valence-electron chi connectivity index (χ2n) is 12.3. The molecule has 0 radical (unpaired) electrons. The van der Waals surface area contributed by atoms with Crippen LogP contribution >= 0.6 is 0 Å². The van der Waals surface area contributed by atoms with Crippen molar-refractivity contribution in [2.75, 3.05) is 19.8 Å². The Hall–Kier alpha value is -1.84. The van der Waals surface area contributed by atoms with E-state index in [-0.39, 0.29) is 19.6 Å². The molecule has 43 heavy (non-hydrogen) atoms. The smallest absolute Gasteiger partial charge is 0.104 e. The summed E-state index contributed by atoms with van der Waals surface area (Å²) in [5, 5.41) is 0. The fourth-order valence-corrected chi connectivity index (χ4v) is 5.34. The van der Waals surface area contributed by atoms with Crippen LogP contribution in [0.25, 0.3) is 0 Å². The average molecular weight is 601 g/mol. The molecule has 0 bridgehead atoms. The molecular weight excluding hydrogens is 528 g/mol. The van der Waals surface area contributed by atoms with E-state index in [0.717, 1.165) is 69.7 Å². The first-order chi connectivity index (χ1) is 20.2. The Labute approximate surface area is 269 Å². The van der Waals surface area contributed by atoms with Gasteiger partial charge < -0.3 is 14.2 Å². The highest BCUT2D eigenvalue weighted by atomic mass is 16.5. The van der Waals surface area contributed by atoms with Gasteiger partial charge in [-0.2, -0.15) is 0 Å². The third kappa shape index (κ3) is 23.2. The van der Waals surface area contributed by atoms with E-state index in [1.54, 1.807) is 6.26 Å². The Kier molecular flexibility index (Phi) is 29.1. The average Bonchev–Trinajstić information content (AvgIpc) is 2.96. The molecule has 1 saturated carbocycles. The summed E-state index contributed by atoms with van der Waals surface area (Å²) in [6, 6.07) is 0. The zero-order valence-corrected chi connectivity index (χ0v) is 28.9. The van der Waals surface area contributed by atoms with Crippen molar-refractivity contribution in [3.8, 4) is 0 Å². The summed E-state index contributed by atoms with van der Waals surface area (Å²) in [6.07, 6.45) is 28.9. The summed E-state index contributed by atoms with van der Waals surface area (Å²) in [5.41, 5.74) is 2.72. The normalized spacial score (nSPS) is 24.3. The maximum Gasteiger partial charge on any atom is 0.104 e. The molecule has 1 aliphatic heterocycles. The van der Waals surface area contributed by atoms with Crippen LogP contribution in [0.3, 0.4) is 0 Å². The molecule has 250 valence electrons. The van der Waals surface area contributed by atoms with E-state index >= 15 is 0 Å². The minimum Gasteiger partial charge on any atom is -0.498 e. The molecule has 0 amide bonds. The van der Waals surface area contributed by atoms with Crippen molar-refractivity contribution < 1.29 is 14.2 Å². The van der Waals surface area contributed by atoms with Gasteiger partial charge in [-0.15, -0.1) is 6.58 Å². The predicted octanol–water partition coefficient (Wildman–Crippen LogP) is 12.2. The zero-order chi connectivity index (χ0) is 31.6. The monoisotopic (exact) mass is 601 g/mol. The number of ether oxygens (including phenoxy) is 3. The van der Waals surface area contributed by atoms with E-state index < -0.39 is 0 Å². The highest BCUT2D eigenvalue weighted by Crippen LogP contribution is 2.39. The SMILES string of the molecule is C.C/C=C\CC.C/C=C\CCOCCC(C)CC.C=COC1CC(CCCC(=C)C)C(C)CC1/C=C/C1CC(C)=CCO1. The molecule has 0 aromatic carbocycles. The van der Waals surface area contributed by atoms with Crippen LogP contribution in [0.1, 0.15) is 127 Å². The summed E-state index contributed by atoms with van der Waals surface area (Å²) < 4.78 is 17.2. The van der Waals surface area contributed by atoms with E-state index in [0.29, 0.717) is 5.92 Å². The summed E-state index contributed by atoms with van der Waals surface area (Å²) in [7, 11) is 0. The van der Waals surface area contributed by atoms with E-state index in [1.165, 1.54) is 43.3 Å². The highest BCUT2D eigenvalue weighted by molar-refractivity contribution is 5.09. The molecular formula is C40H72O3. The molecule has 0 aromatic rings. The van der Waals surface area contributed by atoms with Crippen LogP contribution in [0.15, 0.2) is 73.1 Å². The molecule has 0 spiro atoms. The molecule has 3 heteroatoms. The van der Waals surface area contributed by atoms with Gasteiger partial charge in [-0.25, -0.2) is 0 Å². The van der Waals surface area contributed by atoms with Crippen molar-refractivity contribution >= 4 is 0 Å². The molecule has 2 rings (SSSR count). The minimum atomic E-state index is 0. The number of hydrogen-bond acceptors (Lipinski definition) is 3. The van der Waals surface area contributed by atoms with Crippen molar-refractivity contribution in [1.29, 1.82) is 0 Å². The van der Waals surface area contributed by atoms with Crippen LogP contribution in [0.4, 0.5) is 0 Å². The first-order valence-electron chi connectivity index (χ1n) is 16.9. The largest absolute Gasteiger partial charge is 0.498 e. The topological polar surface area (TPSA) is 27.7 Å². The van der Waals surface area contributed by atoms with E-state index in [4.69, 9.17) is 14.2 Å². The number of allylic oxidation sites excluding steroid dienone is 4. The van der Waals surface area contributed by atoms with Gasteiger partial charge >= 0.3 is 0 Å². The van der Waals surface area contributed by atoms with Crippen LogP contribution in [0.2, 0.25) is 0 Å². The van der Waals surface area contributed by atoms with Crippen molar-refractivity contribution in [2.24, 2.45) is 23.7 Å². The Bertz CT molecular complexity index is 790. The third-order valence-corrected chi connectivity index (χ3v) is 8.34. The summed E-state index contributed by atoms with van der Waals surface area (Å²) >= 11 is 0. The molecule has 2 aliphatic rings. The first kappa shape index (κ1) is 43.3. The molecule has 1 heterocycles. The lowest BCUT2D eigenvalue weighted by Crippen LogP contribution is -2.34. The fourth-order valence-electron chi connectivity index (χ4n) is 5.34. The molecule has 0 N–H and O–H groups in total. The van der Waals surface area contributed by atoms with Crippen LogP contribution in [-0.4, -0.2) is 32.0 Å². The Morgan fingerprint density at radius 3 is 2.40 bits per heavy atom. The molecule has 0 aromatic heterocycles. The maximum absolute atomic E-state index is 5.91. The molecule has 6 atom stereocenters. The van der Waals surface area contributed by atoms with E-state index in [9.17, 15) is 0 Å². The fraction of sp³-hybridized carbons (Fsp3) is 0.700. The van der Waals surface area contributed by atoms with Crippen molar-refractivity contribution in [3.63, 3.8) is 0 Å². The summed E-state index contributed by atoms with van der Waals surface area (Å²) in [4.78, 5) is 0. The van der Waals surface area contributed by atoms with Gasteiger partial charge in [0, 0.05) is 12.5 Å². The Balaban J connectivity index is 0. The van der Waals surface area contributed by atoms with Crippen molar-refractivity contribution in [1.82, 2.24) is 0 Å². The van der Waals surface area contributed by atoms with Gasteiger partial charge in [-0.1, -0.05) is 102 Å². The van der Waals surface area contributed by atoms with Crippen LogP contribution in [-0.2, 0) is 14.2 Å². The van der Waals surface area contributed by atoms with Gasteiger partial charge in [0.2, 0.25) is 0 Å². The highest BCUT2D eigenvalue weighted by Gasteiger charge is 2.34. The Morgan fingerprint density at radius 1 is 1.12 bits per heavy atom. The lowest BCUT2D eigenvalue weighted by molar-refractivity contribution is 0.0229. The summed E-state index contributed by atoms with van der Waals surface area (Å²) in [6.45, 7) is 27.8. The van der Waals surface area contributed by atoms with Crippen molar-refractivity contribution in [2.45, 2.75) is 139 Å². The lowest BCUT2D eigenvalue weighted by Gasteiger charge is -2.39. The number of hydrogen-bond donors (Lipinski definition) is 0. The Morgan fingerprint density at radius 2 is 1.84 bits per heavy atom. The van der Waals surface area contributed by atoms with Gasteiger partial charge in [-0.05, 0) is 103 Å². The maximum atomic E-state index is 5.91. The number of rotatable bonds is 16. The molecule has 1 aliphatic carbocycles. The third-order valence-electron chi connectivity index (χ3n) is 8.34. The molecule has 3 nitrogen and oxygen atoms in total. The van der Waals surface area contributed by atoms with Crippen LogP contribution < -0.4 is 0 Å². The van der Waals surface area contributed by atoms with Gasteiger partial charge in [0.15, 0.2) is 0 Å². The molecule has 1 fully saturated rings. The second-order valence-corrected chi connectivity index (χ2v) is 12.3.